The van der Waals surface area contributed by atoms with Crippen molar-refractivity contribution in [3.05, 3.63) is 59.1 Å². The molecule has 0 bridgehead atoms. The average molecular weight is 414 g/mol. The molecule has 0 saturated carbocycles. The molecule has 1 aliphatic rings. The molecule has 160 valence electrons. The van der Waals surface area contributed by atoms with Crippen LogP contribution in [-0.2, 0) is 30.2 Å². The summed E-state index contributed by atoms with van der Waals surface area (Å²) in [6.45, 7) is 4.29. The number of hydrogen-bond acceptors (Lipinski definition) is 5. The lowest BCUT2D eigenvalue weighted by Crippen LogP contribution is -2.18. The molecule has 1 atom stereocenters. The van der Waals surface area contributed by atoms with Crippen molar-refractivity contribution in [2.45, 2.75) is 32.6 Å². The van der Waals surface area contributed by atoms with Crippen molar-refractivity contribution in [2.75, 3.05) is 20.5 Å². The van der Waals surface area contributed by atoms with Crippen LogP contribution in [0.2, 0.25) is 0 Å². The Morgan fingerprint density at radius 2 is 2.03 bits per heavy atom. The van der Waals surface area contributed by atoms with E-state index in [0.717, 1.165) is 0 Å². The number of rotatable bonds is 9. The van der Waals surface area contributed by atoms with E-state index in [9.17, 15) is 22.8 Å². The van der Waals surface area contributed by atoms with E-state index < -0.39 is 17.5 Å². The predicted octanol–water partition coefficient (Wildman–Crippen LogP) is 4.33. The minimum atomic E-state index is -0.646. The van der Waals surface area contributed by atoms with Gasteiger partial charge in [-0.05, 0) is 49.4 Å². The highest BCUT2D eigenvalue weighted by molar-refractivity contribution is 5.90. The summed E-state index contributed by atoms with van der Waals surface area (Å²) in [6, 6.07) is 2.46. The van der Waals surface area contributed by atoms with Crippen LogP contribution in [0.1, 0.15) is 30.4 Å². The molecule has 5 nitrogen and oxygen atoms in total. The van der Waals surface area contributed by atoms with Crippen LogP contribution in [0.25, 0.3) is 0 Å². The van der Waals surface area contributed by atoms with Gasteiger partial charge in [-0.25, -0.2) is 13.2 Å². The second kappa shape index (κ2) is 12.8. The van der Waals surface area contributed by atoms with Gasteiger partial charge in [0.1, 0.15) is 29.8 Å². The fourth-order valence-electron chi connectivity index (χ4n) is 2.71. The van der Waals surface area contributed by atoms with Gasteiger partial charge < -0.3 is 14.2 Å². The van der Waals surface area contributed by atoms with Crippen molar-refractivity contribution in [1.29, 1.82) is 0 Å². The minimum absolute atomic E-state index is 0.0231. The predicted molar refractivity (Wildman–Crippen MR) is 100 cm³/mol. The summed E-state index contributed by atoms with van der Waals surface area (Å²) in [5.74, 6) is -0.819. The third kappa shape index (κ3) is 8.95. The van der Waals surface area contributed by atoms with Crippen molar-refractivity contribution in [1.82, 2.24) is 0 Å². The number of benzene rings is 1. The van der Waals surface area contributed by atoms with Gasteiger partial charge in [0, 0.05) is 25.5 Å². The van der Waals surface area contributed by atoms with E-state index in [-0.39, 0.29) is 31.6 Å². The largest absolute Gasteiger partial charge is 0.471 e. The summed E-state index contributed by atoms with van der Waals surface area (Å²) in [6.07, 6.45) is 3.59. The van der Waals surface area contributed by atoms with Gasteiger partial charge in [0.2, 0.25) is 0 Å². The molecule has 8 heteroatoms. The molecule has 0 heterocycles. The van der Waals surface area contributed by atoms with Gasteiger partial charge in [0.25, 0.3) is 6.47 Å². The van der Waals surface area contributed by atoms with Crippen molar-refractivity contribution in [2.24, 2.45) is 5.92 Å². The highest BCUT2D eigenvalue weighted by Crippen LogP contribution is 2.29. The van der Waals surface area contributed by atoms with E-state index in [4.69, 9.17) is 9.47 Å². The highest BCUT2D eigenvalue weighted by Gasteiger charge is 2.23. The zero-order chi connectivity index (χ0) is 21.8. The Morgan fingerprint density at radius 1 is 1.31 bits per heavy atom. The standard InChI is InChI=1S/C17H20F2O3.C4H5FO2/c1-11-7-16(19)13(8-15(11)18)4-3-12-5-6-14(20)9-17(12)22-10-21-2;1-4(5)2-7-3-6/h7-9,12H,3-6,10H2,1-2H3;3H,1-2H2/t12-;/m1./s1. The van der Waals surface area contributed by atoms with Gasteiger partial charge in [0.15, 0.2) is 12.6 Å². The molecule has 2 rings (SSSR count). The van der Waals surface area contributed by atoms with Crippen LogP contribution in [0.15, 0.2) is 36.4 Å². The van der Waals surface area contributed by atoms with Crippen LogP contribution in [0.3, 0.4) is 0 Å². The maximum absolute atomic E-state index is 13.9. The number of ketones is 1. The molecular formula is C21H25F3O5. The van der Waals surface area contributed by atoms with Gasteiger partial charge in [-0.15, -0.1) is 0 Å². The monoisotopic (exact) mass is 414 g/mol. The lowest BCUT2D eigenvalue weighted by atomic mass is 9.88. The summed E-state index contributed by atoms with van der Waals surface area (Å²) in [7, 11) is 1.50. The van der Waals surface area contributed by atoms with Gasteiger partial charge >= 0.3 is 0 Å². The van der Waals surface area contributed by atoms with Gasteiger partial charge in [-0.3, -0.25) is 9.59 Å². The smallest absolute Gasteiger partial charge is 0.293 e. The van der Waals surface area contributed by atoms with E-state index >= 15 is 0 Å². The van der Waals surface area contributed by atoms with E-state index in [2.05, 4.69) is 11.3 Å². The van der Waals surface area contributed by atoms with E-state index in [1.165, 1.54) is 32.2 Å². The Morgan fingerprint density at radius 3 is 2.62 bits per heavy atom. The first-order chi connectivity index (χ1) is 13.8. The number of carbonyl (C=O) groups excluding carboxylic acids is 2. The summed E-state index contributed by atoms with van der Waals surface area (Å²) in [4.78, 5) is 20.8. The Balaban J connectivity index is 0.000000516. The topological polar surface area (TPSA) is 61.8 Å². The Kier molecular flexibility index (Phi) is 10.8. The minimum Gasteiger partial charge on any atom is -0.471 e. The number of allylic oxidation sites excluding steroid dienone is 2. The van der Waals surface area contributed by atoms with Crippen LogP contribution in [0.5, 0.6) is 0 Å². The number of aryl methyl sites for hydroxylation is 2. The molecule has 0 aliphatic heterocycles. The Bertz CT molecular complexity index is 746. The number of carbonyl (C=O) groups is 2. The molecule has 1 aromatic rings. The normalized spacial score (nSPS) is 15.7. The van der Waals surface area contributed by atoms with Crippen LogP contribution in [-0.4, -0.2) is 32.8 Å². The van der Waals surface area contributed by atoms with E-state index in [0.29, 0.717) is 42.6 Å². The number of hydrogen-bond donors (Lipinski definition) is 0. The van der Waals surface area contributed by atoms with Crippen molar-refractivity contribution < 1.29 is 37.0 Å². The zero-order valence-corrected chi connectivity index (χ0v) is 16.5. The molecule has 0 N–H and O–H groups in total. The second-order valence-corrected chi connectivity index (χ2v) is 6.46. The van der Waals surface area contributed by atoms with Crippen LogP contribution < -0.4 is 0 Å². The molecule has 29 heavy (non-hydrogen) atoms. The van der Waals surface area contributed by atoms with Crippen molar-refractivity contribution in [3.63, 3.8) is 0 Å². The summed E-state index contributed by atoms with van der Waals surface area (Å²) < 4.78 is 53.0. The molecule has 0 unspecified atom stereocenters. The molecule has 0 fully saturated rings. The third-order valence-corrected chi connectivity index (χ3v) is 4.19. The second-order valence-electron chi connectivity index (χ2n) is 6.46. The number of methoxy groups -OCH3 is 1. The molecule has 0 aromatic heterocycles. The number of halogens is 3. The van der Waals surface area contributed by atoms with Crippen LogP contribution in [0.4, 0.5) is 13.2 Å². The first-order valence-corrected chi connectivity index (χ1v) is 8.97. The first-order valence-electron chi connectivity index (χ1n) is 8.97. The molecule has 0 radical (unpaired) electrons. The Labute approximate surface area is 168 Å². The molecule has 1 aromatic carbocycles. The molecule has 0 saturated heterocycles. The van der Waals surface area contributed by atoms with Crippen molar-refractivity contribution >= 4 is 12.3 Å². The maximum atomic E-state index is 13.9. The van der Waals surface area contributed by atoms with Gasteiger partial charge in [0.05, 0.1) is 0 Å². The summed E-state index contributed by atoms with van der Waals surface area (Å²) >= 11 is 0. The third-order valence-electron chi connectivity index (χ3n) is 4.19. The SMILES string of the molecule is C=C(F)COC=O.COCOC1=CC(=O)CC[C@H]1CCc1cc(F)c(C)cc1F. The summed E-state index contributed by atoms with van der Waals surface area (Å²) in [5, 5.41) is 0. The molecular weight excluding hydrogens is 389 g/mol. The fraction of sp³-hybridized carbons (Fsp3) is 0.429. The van der Waals surface area contributed by atoms with E-state index in [1.807, 2.05) is 0 Å². The Hall–Kier alpha value is -2.61. The lowest BCUT2D eigenvalue weighted by molar-refractivity contribution is -0.128. The fourth-order valence-corrected chi connectivity index (χ4v) is 2.71. The average Bonchev–Trinajstić information content (AvgIpc) is 2.68. The zero-order valence-electron chi connectivity index (χ0n) is 16.5. The van der Waals surface area contributed by atoms with Gasteiger partial charge in [-0.1, -0.05) is 6.58 Å². The quantitative estimate of drug-likeness (QED) is 0.445. The molecule has 0 amide bonds. The van der Waals surface area contributed by atoms with Crippen LogP contribution >= 0.6 is 0 Å². The first kappa shape index (κ1) is 24.4. The van der Waals surface area contributed by atoms with E-state index in [1.54, 1.807) is 0 Å². The van der Waals surface area contributed by atoms with Crippen LogP contribution in [0, 0.1) is 24.5 Å². The summed E-state index contributed by atoms with van der Waals surface area (Å²) in [5.41, 5.74) is 0.652. The maximum Gasteiger partial charge on any atom is 0.293 e. The van der Waals surface area contributed by atoms with Gasteiger partial charge in [-0.2, -0.15) is 0 Å². The molecule has 0 spiro atoms. The van der Waals surface area contributed by atoms with Crippen molar-refractivity contribution in [3.8, 4) is 0 Å². The lowest BCUT2D eigenvalue weighted by Gasteiger charge is -2.23. The number of ether oxygens (including phenoxy) is 3. The molecule has 1 aliphatic carbocycles. The highest BCUT2D eigenvalue weighted by atomic mass is 19.1.